The van der Waals surface area contributed by atoms with Crippen molar-refractivity contribution in [2.45, 2.75) is 12.8 Å². The van der Waals surface area contributed by atoms with Gasteiger partial charge in [0.2, 0.25) is 5.91 Å². The fourth-order valence-corrected chi connectivity index (χ4v) is 2.62. The molecule has 3 aromatic rings. The average Bonchev–Trinajstić information content (AvgIpc) is 3.21. The molecule has 0 spiro atoms. The molecule has 26 heavy (non-hydrogen) atoms. The number of carbonyl (C=O) groups excluding carboxylic acids is 1. The van der Waals surface area contributed by atoms with Gasteiger partial charge in [0.25, 0.3) is 0 Å². The van der Waals surface area contributed by atoms with Gasteiger partial charge in [-0.3, -0.25) is 4.79 Å². The van der Waals surface area contributed by atoms with Gasteiger partial charge in [-0.1, -0.05) is 18.2 Å². The van der Waals surface area contributed by atoms with Gasteiger partial charge in [-0.2, -0.15) is 5.10 Å². The Labute approximate surface area is 151 Å². The molecule has 0 saturated heterocycles. The molecule has 1 heterocycles. The standard InChI is InChI=1S/C19H20N4O3/c1-25-17-9-7-14(11-18(17)26-2)8-10-19(24)22-15-5-3-4-6-16(15)23-13-20-12-21-23/h3-7,9,11-13H,8,10H2,1-2H3,(H,22,24). The van der Waals surface area contributed by atoms with E-state index in [2.05, 4.69) is 15.4 Å². The molecule has 7 heteroatoms. The number of aromatic nitrogens is 3. The number of nitrogens with one attached hydrogen (secondary N) is 1. The lowest BCUT2D eigenvalue weighted by Crippen LogP contribution is -2.14. The van der Waals surface area contributed by atoms with E-state index in [-0.39, 0.29) is 5.91 Å². The van der Waals surface area contributed by atoms with Crippen molar-refractivity contribution in [3.8, 4) is 17.2 Å². The Hall–Kier alpha value is -3.35. The van der Waals surface area contributed by atoms with Gasteiger partial charge in [0.15, 0.2) is 11.5 Å². The predicted molar refractivity (Wildman–Crippen MR) is 97.9 cm³/mol. The van der Waals surface area contributed by atoms with Gasteiger partial charge >= 0.3 is 0 Å². The molecule has 0 unspecified atom stereocenters. The monoisotopic (exact) mass is 352 g/mol. The average molecular weight is 352 g/mol. The molecule has 0 radical (unpaired) electrons. The van der Waals surface area contributed by atoms with Crippen LogP contribution >= 0.6 is 0 Å². The zero-order chi connectivity index (χ0) is 18.4. The van der Waals surface area contributed by atoms with E-state index in [1.807, 2.05) is 42.5 Å². The van der Waals surface area contributed by atoms with E-state index in [0.717, 1.165) is 11.3 Å². The Bertz CT molecular complexity index is 878. The summed E-state index contributed by atoms with van der Waals surface area (Å²) < 4.78 is 12.1. The highest BCUT2D eigenvalue weighted by atomic mass is 16.5. The minimum Gasteiger partial charge on any atom is -0.493 e. The predicted octanol–water partition coefficient (Wildman–Crippen LogP) is 2.86. The summed E-state index contributed by atoms with van der Waals surface area (Å²) in [6.07, 6.45) is 3.99. The minimum atomic E-state index is -0.0765. The molecule has 3 rings (SSSR count). The summed E-state index contributed by atoms with van der Waals surface area (Å²) >= 11 is 0. The van der Waals surface area contributed by atoms with Gasteiger partial charge in [-0.05, 0) is 36.2 Å². The van der Waals surface area contributed by atoms with Crippen LogP contribution in [0.4, 0.5) is 5.69 Å². The molecule has 1 amide bonds. The second-order valence-corrected chi connectivity index (χ2v) is 5.59. The highest BCUT2D eigenvalue weighted by Gasteiger charge is 2.10. The molecule has 0 saturated carbocycles. The number of para-hydroxylation sites is 2. The number of carbonyl (C=O) groups is 1. The van der Waals surface area contributed by atoms with Crippen LogP contribution in [0.1, 0.15) is 12.0 Å². The lowest BCUT2D eigenvalue weighted by Gasteiger charge is -2.11. The van der Waals surface area contributed by atoms with E-state index in [0.29, 0.717) is 30.0 Å². The summed E-state index contributed by atoms with van der Waals surface area (Å²) in [4.78, 5) is 16.3. The number of benzene rings is 2. The fraction of sp³-hybridized carbons (Fsp3) is 0.211. The number of nitrogens with zero attached hydrogens (tertiary/aromatic N) is 3. The van der Waals surface area contributed by atoms with Gasteiger partial charge in [-0.25, -0.2) is 9.67 Å². The van der Waals surface area contributed by atoms with Crippen LogP contribution < -0.4 is 14.8 Å². The quantitative estimate of drug-likeness (QED) is 0.707. The molecule has 1 aromatic heterocycles. The Morgan fingerprint density at radius 1 is 1.12 bits per heavy atom. The second-order valence-electron chi connectivity index (χ2n) is 5.59. The molecule has 0 aliphatic carbocycles. The topological polar surface area (TPSA) is 78.3 Å². The SMILES string of the molecule is COc1ccc(CCC(=O)Nc2ccccc2-n2cncn2)cc1OC. The van der Waals surface area contributed by atoms with Crippen LogP contribution in [0.3, 0.4) is 0 Å². The maximum atomic E-state index is 12.4. The van der Waals surface area contributed by atoms with Crippen LogP contribution in [0.5, 0.6) is 11.5 Å². The molecule has 0 aliphatic rings. The number of aryl methyl sites for hydroxylation is 1. The lowest BCUT2D eigenvalue weighted by molar-refractivity contribution is -0.116. The first-order valence-corrected chi connectivity index (χ1v) is 8.16. The van der Waals surface area contributed by atoms with Crippen molar-refractivity contribution in [1.29, 1.82) is 0 Å². The molecule has 134 valence electrons. The van der Waals surface area contributed by atoms with E-state index in [9.17, 15) is 4.79 Å². The molecule has 0 fully saturated rings. The van der Waals surface area contributed by atoms with Crippen LogP contribution in [0.25, 0.3) is 5.69 Å². The molecule has 0 bridgehead atoms. The Kier molecular flexibility index (Phi) is 5.48. The minimum absolute atomic E-state index is 0.0765. The third kappa shape index (κ3) is 4.00. The van der Waals surface area contributed by atoms with Crippen molar-refractivity contribution in [2.75, 3.05) is 19.5 Å². The van der Waals surface area contributed by atoms with Crippen LogP contribution in [-0.4, -0.2) is 34.9 Å². The second kappa shape index (κ2) is 8.15. The third-order valence-electron chi connectivity index (χ3n) is 3.93. The third-order valence-corrected chi connectivity index (χ3v) is 3.93. The van der Waals surface area contributed by atoms with Gasteiger partial charge in [0.1, 0.15) is 12.7 Å². The van der Waals surface area contributed by atoms with Crippen molar-refractivity contribution in [3.05, 3.63) is 60.7 Å². The zero-order valence-electron chi connectivity index (χ0n) is 14.7. The van der Waals surface area contributed by atoms with Gasteiger partial charge < -0.3 is 14.8 Å². The fourth-order valence-electron chi connectivity index (χ4n) is 2.62. The largest absolute Gasteiger partial charge is 0.493 e. The molecule has 1 N–H and O–H groups in total. The number of anilines is 1. The summed E-state index contributed by atoms with van der Waals surface area (Å²) in [5, 5.41) is 7.05. The maximum Gasteiger partial charge on any atom is 0.224 e. The van der Waals surface area contributed by atoms with E-state index >= 15 is 0 Å². The van der Waals surface area contributed by atoms with Gasteiger partial charge in [0, 0.05) is 6.42 Å². The number of methoxy groups -OCH3 is 2. The summed E-state index contributed by atoms with van der Waals surface area (Å²) in [7, 11) is 3.19. The van der Waals surface area contributed by atoms with Crippen molar-refractivity contribution >= 4 is 11.6 Å². The molecule has 2 aromatic carbocycles. The van der Waals surface area contributed by atoms with Crippen molar-refractivity contribution < 1.29 is 14.3 Å². The van der Waals surface area contributed by atoms with E-state index in [1.165, 1.54) is 6.33 Å². The zero-order valence-corrected chi connectivity index (χ0v) is 14.7. The number of ether oxygens (including phenoxy) is 2. The Morgan fingerprint density at radius 3 is 2.65 bits per heavy atom. The van der Waals surface area contributed by atoms with Crippen molar-refractivity contribution in [3.63, 3.8) is 0 Å². The van der Waals surface area contributed by atoms with Crippen LogP contribution in [0.15, 0.2) is 55.1 Å². The number of hydrogen-bond donors (Lipinski definition) is 1. The molecule has 0 atom stereocenters. The number of amides is 1. The van der Waals surface area contributed by atoms with Gasteiger partial charge in [0.05, 0.1) is 25.6 Å². The molecular formula is C19H20N4O3. The van der Waals surface area contributed by atoms with Crippen LogP contribution in [0.2, 0.25) is 0 Å². The summed E-state index contributed by atoms with van der Waals surface area (Å²) in [5.41, 5.74) is 2.46. The van der Waals surface area contributed by atoms with Crippen molar-refractivity contribution in [1.82, 2.24) is 14.8 Å². The first kappa shape index (κ1) is 17.5. The van der Waals surface area contributed by atoms with Crippen molar-refractivity contribution in [2.24, 2.45) is 0 Å². The number of hydrogen-bond acceptors (Lipinski definition) is 5. The molecular weight excluding hydrogens is 332 g/mol. The lowest BCUT2D eigenvalue weighted by atomic mass is 10.1. The highest BCUT2D eigenvalue weighted by molar-refractivity contribution is 5.92. The van der Waals surface area contributed by atoms with E-state index in [4.69, 9.17) is 9.47 Å². The molecule has 7 nitrogen and oxygen atoms in total. The van der Waals surface area contributed by atoms with Gasteiger partial charge in [-0.15, -0.1) is 0 Å². The van der Waals surface area contributed by atoms with Crippen LogP contribution in [-0.2, 0) is 11.2 Å². The summed E-state index contributed by atoms with van der Waals surface area (Å²) in [5.74, 6) is 1.25. The van der Waals surface area contributed by atoms with E-state index < -0.39 is 0 Å². The molecule has 0 aliphatic heterocycles. The number of rotatable bonds is 7. The Morgan fingerprint density at radius 2 is 1.92 bits per heavy atom. The summed E-state index contributed by atoms with van der Waals surface area (Å²) in [6, 6.07) is 13.1. The smallest absolute Gasteiger partial charge is 0.224 e. The summed E-state index contributed by atoms with van der Waals surface area (Å²) in [6.45, 7) is 0. The van der Waals surface area contributed by atoms with E-state index in [1.54, 1.807) is 25.2 Å². The highest BCUT2D eigenvalue weighted by Crippen LogP contribution is 2.28. The normalized spacial score (nSPS) is 10.4. The first-order valence-electron chi connectivity index (χ1n) is 8.16. The first-order chi connectivity index (χ1) is 12.7. The Balaban J connectivity index is 1.65. The maximum absolute atomic E-state index is 12.4. The van der Waals surface area contributed by atoms with Crippen LogP contribution in [0, 0.1) is 0 Å².